The zero-order valence-electron chi connectivity index (χ0n) is 21.2. The van der Waals surface area contributed by atoms with Crippen LogP contribution in [0.25, 0.3) is 6.08 Å². The highest BCUT2D eigenvalue weighted by Crippen LogP contribution is 2.31. The number of esters is 2. The van der Waals surface area contributed by atoms with Crippen molar-refractivity contribution in [2.24, 2.45) is 0 Å². The summed E-state index contributed by atoms with van der Waals surface area (Å²) >= 11 is 4.41. The first-order chi connectivity index (χ1) is 18.3. The molecule has 196 valence electrons. The van der Waals surface area contributed by atoms with E-state index in [1.165, 1.54) is 6.08 Å². The predicted molar refractivity (Wildman–Crippen MR) is 148 cm³/mol. The van der Waals surface area contributed by atoms with Gasteiger partial charge in [0.2, 0.25) is 0 Å². The monoisotopic (exact) mass is 595 g/mol. The summed E-state index contributed by atoms with van der Waals surface area (Å²) in [7, 11) is 0. The summed E-state index contributed by atoms with van der Waals surface area (Å²) in [5.41, 5.74) is 1.96. The summed E-state index contributed by atoms with van der Waals surface area (Å²) in [5.74, 6) is -1.20. The minimum absolute atomic E-state index is 0.108. The van der Waals surface area contributed by atoms with Gasteiger partial charge in [0, 0.05) is 21.3 Å². The average molecular weight is 596 g/mol. The van der Waals surface area contributed by atoms with Crippen LogP contribution in [0.15, 0.2) is 58.6 Å². The lowest BCUT2D eigenvalue weighted by Crippen LogP contribution is -2.12. The molecule has 0 atom stereocenters. The number of benzene rings is 2. The number of halogens is 1. The summed E-state index contributed by atoms with van der Waals surface area (Å²) in [5, 5.41) is 9.79. The summed E-state index contributed by atoms with van der Waals surface area (Å²) in [6, 6.07) is 16.8. The molecular formula is C29H26BrNO6S. The van der Waals surface area contributed by atoms with E-state index in [2.05, 4.69) is 15.9 Å². The van der Waals surface area contributed by atoms with Crippen LogP contribution in [0.4, 0.5) is 0 Å². The topological polar surface area (TPSA) is 103 Å². The summed E-state index contributed by atoms with van der Waals surface area (Å²) in [6.07, 6.45) is 1.22. The number of hydrogen-bond acceptors (Lipinski definition) is 8. The second-order valence-corrected chi connectivity index (χ2v) is 10.0. The molecule has 0 aliphatic carbocycles. The number of allylic oxidation sites excluding steroid dienone is 1. The van der Waals surface area contributed by atoms with Gasteiger partial charge in [0.05, 0.1) is 24.4 Å². The van der Waals surface area contributed by atoms with Crippen LogP contribution >= 0.6 is 27.3 Å². The second kappa shape index (κ2) is 13.7. The predicted octanol–water partition coefficient (Wildman–Crippen LogP) is 6.47. The van der Waals surface area contributed by atoms with E-state index < -0.39 is 17.7 Å². The lowest BCUT2D eigenvalue weighted by Gasteiger charge is -2.10. The van der Waals surface area contributed by atoms with Crippen molar-refractivity contribution in [3.8, 4) is 11.8 Å². The number of nitrogens with zero attached hydrogens (tertiary/aromatic N) is 1. The highest BCUT2D eigenvalue weighted by molar-refractivity contribution is 9.10. The Morgan fingerprint density at radius 1 is 1.00 bits per heavy atom. The Bertz CT molecular complexity index is 1400. The Labute approximate surface area is 233 Å². The minimum atomic E-state index is -0.631. The van der Waals surface area contributed by atoms with Gasteiger partial charge in [-0.25, -0.2) is 9.59 Å². The molecule has 9 heteroatoms. The molecule has 0 aliphatic heterocycles. The van der Waals surface area contributed by atoms with Crippen molar-refractivity contribution in [3.63, 3.8) is 0 Å². The Hall–Kier alpha value is -3.74. The standard InChI is InChI=1S/C29H26BrNO6S/c1-4-35-28(33)26-18(3)27(29(34)36-5-2)38-25(26)15-23(32)21(16-31)14-20-8-6-7-9-24(20)37-17-19-10-12-22(30)13-11-19/h6-14H,4-5,15,17H2,1-3H3/b21-14+. The van der Waals surface area contributed by atoms with Crippen LogP contribution in [0.2, 0.25) is 0 Å². The maximum atomic E-state index is 13.2. The van der Waals surface area contributed by atoms with Gasteiger partial charge < -0.3 is 14.2 Å². The molecule has 0 radical (unpaired) electrons. The van der Waals surface area contributed by atoms with Gasteiger partial charge in [-0.1, -0.05) is 46.3 Å². The van der Waals surface area contributed by atoms with Crippen LogP contribution in [0.3, 0.4) is 0 Å². The normalized spacial score (nSPS) is 11.0. The number of hydrogen-bond donors (Lipinski definition) is 0. The molecule has 1 aromatic heterocycles. The Morgan fingerprint density at radius 3 is 2.32 bits per heavy atom. The number of nitriles is 1. The Morgan fingerprint density at radius 2 is 1.66 bits per heavy atom. The van der Waals surface area contributed by atoms with Crippen molar-refractivity contribution in [3.05, 3.63) is 90.6 Å². The van der Waals surface area contributed by atoms with E-state index in [0.29, 0.717) is 28.4 Å². The van der Waals surface area contributed by atoms with Crippen LogP contribution in [0.5, 0.6) is 5.75 Å². The van der Waals surface area contributed by atoms with Crippen molar-refractivity contribution in [2.45, 2.75) is 33.8 Å². The number of Topliss-reactive ketones (excluding diaryl/α,β-unsaturated/α-hetero) is 1. The molecule has 0 unspecified atom stereocenters. The van der Waals surface area contributed by atoms with Gasteiger partial charge in [-0.05, 0) is 56.2 Å². The molecular weight excluding hydrogens is 570 g/mol. The van der Waals surface area contributed by atoms with Gasteiger partial charge in [-0.3, -0.25) is 4.79 Å². The van der Waals surface area contributed by atoms with Crippen molar-refractivity contribution < 1.29 is 28.6 Å². The largest absolute Gasteiger partial charge is 0.488 e. The molecule has 3 aromatic rings. The molecule has 0 N–H and O–H groups in total. The van der Waals surface area contributed by atoms with Gasteiger partial charge in [-0.2, -0.15) is 5.26 Å². The number of thiophene rings is 1. The summed E-state index contributed by atoms with van der Waals surface area (Å²) < 4.78 is 17.2. The van der Waals surface area contributed by atoms with E-state index in [9.17, 15) is 19.6 Å². The zero-order valence-corrected chi connectivity index (χ0v) is 23.6. The fourth-order valence-electron chi connectivity index (χ4n) is 3.60. The van der Waals surface area contributed by atoms with Gasteiger partial charge >= 0.3 is 11.9 Å². The molecule has 3 rings (SSSR count). The molecule has 0 aliphatic rings. The average Bonchev–Trinajstić information content (AvgIpc) is 3.23. The molecule has 0 fully saturated rings. The van der Waals surface area contributed by atoms with Crippen molar-refractivity contribution in [2.75, 3.05) is 13.2 Å². The van der Waals surface area contributed by atoms with E-state index in [-0.39, 0.29) is 35.6 Å². The molecule has 2 aromatic carbocycles. The number of rotatable bonds is 11. The summed E-state index contributed by atoms with van der Waals surface area (Å²) in [6.45, 7) is 5.58. The smallest absolute Gasteiger partial charge is 0.348 e. The van der Waals surface area contributed by atoms with Crippen LogP contribution in [0.1, 0.15) is 55.4 Å². The molecule has 0 saturated carbocycles. The number of carbonyl (C=O) groups excluding carboxylic acids is 3. The first-order valence-corrected chi connectivity index (χ1v) is 13.5. The third-order valence-electron chi connectivity index (χ3n) is 5.43. The lowest BCUT2D eigenvalue weighted by atomic mass is 10.0. The van der Waals surface area contributed by atoms with Gasteiger partial charge in [0.1, 0.15) is 23.3 Å². The highest BCUT2D eigenvalue weighted by atomic mass is 79.9. The Balaban J connectivity index is 1.89. The van der Waals surface area contributed by atoms with Crippen molar-refractivity contribution >= 4 is 51.1 Å². The highest BCUT2D eigenvalue weighted by Gasteiger charge is 2.28. The number of ketones is 1. The van der Waals surface area contributed by atoms with Crippen LogP contribution in [0, 0.1) is 18.3 Å². The van der Waals surface area contributed by atoms with E-state index in [0.717, 1.165) is 21.4 Å². The molecule has 0 amide bonds. The van der Waals surface area contributed by atoms with E-state index >= 15 is 0 Å². The van der Waals surface area contributed by atoms with Crippen LogP contribution in [-0.2, 0) is 27.3 Å². The molecule has 1 heterocycles. The third kappa shape index (κ3) is 7.18. The van der Waals surface area contributed by atoms with Crippen molar-refractivity contribution in [1.82, 2.24) is 0 Å². The Kier molecular flexibility index (Phi) is 10.4. The fourth-order valence-corrected chi connectivity index (χ4v) is 5.05. The fraction of sp³-hybridized carbons (Fsp3) is 0.241. The van der Waals surface area contributed by atoms with Crippen molar-refractivity contribution in [1.29, 1.82) is 5.26 Å². The third-order valence-corrected chi connectivity index (χ3v) is 7.23. The first-order valence-electron chi connectivity index (χ1n) is 11.9. The quantitative estimate of drug-likeness (QED) is 0.142. The van der Waals surface area contributed by atoms with E-state index in [1.54, 1.807) is 45.0 Å². The molecule has 0 spiro atoms. The van der Waals surface area contributed by atoms with Crippen LogP contribution in [-0.4, -0.2) is 30.9 Å². The number of para-hydroxylation sites is 1. The van der Waals surface area contributed by atoms with Gasteiger partial charge in [0.15, 0.2) is 5.78 Å². The van der Waals surface area contributed by atoms with Gasteiger partial charge in [0.25, 0.3) is 0 Å². The minimum Gasteiger partial charge on any atom is -0.488 e. The van der Waals surface area contributed by atoms with E-state index in [4.69, 9.17) is 14.2 Å². The number of ether oxygens (including phenoxy) is 3. The molecule has 0 saturated heterocycles. The summed E-state index contributed by atoms with van der Waals surface area (Å²) in [4.78, 5) is 38.9. The van der Waals surface area contributed by atoms with Gasteiger partial charge in [-0.15, -0.1) is 11.3 Å². The zero-order chi connectivity index (χ0) is 27.7. The molecule has 38 heavy (non-hydrogen) atoms. The number of carbonyl (C=O) groups is 3. The SMILES string of the molecule is CCOC(=O)c1sc(CC(=O)/C(C#N)=C/c2ccccc2OCc2ccc(Br)cc2)c(C(=O)OCC)c1C. The lowest BCUT2D eigenvalue weighted by molar-refractivity contribution is -0.114. The van der Waals surface area contributed by atoms with Crippen LogP contribution < -0.4 is 4.74 Å². The maximum Gasteiger partial charge on any atom is 0.348 e. The molecule has 0 bridgehead atoms. The second-order valence-electron chi connectivity index (χ2n) is 8.02. The maximum absolute atomic E-state index is 13.2. The molecule has 7 nitrogen and oxygen atoms in total. The first kappa shape index (κ1) is 28.8. The van der Waals surface area contributed by atoms with E-state index in [1.807, 2.05) is 30.3 Å².